The number of nitrogens with zero attached hydrogens (tertiary/aromatic N) is 2. The lowest BCUT2D eigenvalue weighted by Crippen LogP contribution is -2.45. The Kier molecular flexibility index (Phi) is 3.92. The lowest BCUT2D eigenvalue weighted by atomic mass is 9.92. The highest BCUT2D eigenvalue weighted by Crippen LogP contribution is 2.21. The number of rotatable bonds is 3. The first-order valence-corrected chi connectivity index (χ1v) is 7.59. The highest BCUT2D eigenvalue weighted by atomic mass is 16.2. The van der Waals surface area contributed by atoms with Crippen molar-refractivity contribution in [2.75, 3.05) is 13.1 Å². The van der Waals surface area contributed by atoms with E-state index in [-0.39, 0.29) is 11.9 Å². The number of hydrogen-bond acceptors (Lipinski definition) is 3. The third-order valence-corrected chi connectivity index (χ3v) is 4.43. The van der Waals surface area contributed by atoms with Crippen LogP contribution in [0, 0.1) is 5.92 Å². The minimum Gasteiger partial charge on any atom is -0.346 e. The van der Waals surface area contributed by atoms with Crippen LogP contribution in [0.1, 0.15) is 25.3 Å². The average Bonchev–Trinajstić information content (AvgIpc) is 2.91. The summed E-state index contributed by atoms with van der Waals surface area (Å²) in [7, 11) is 0. The molecule has 5 heteroatoms. The molecule has 0 radical (unpaired) electrons. The molecule has 1 aliphatic heterocycles. The van der Waals surface area contributed by atoms with Crippen molar-refractivity contribution in [3.63, 3.8) is 0 Å². The Morgan fingerprint density at radius 1 is 1.62 bits per heavy atom. The highest BCUT2D eigenvalue weighted by molar-refractivity contribution is 5.87. The molecule has 1 amide bonds. The van der Waals surface area contributed by atoms with Crippen LogP contribution in [-0.2, 0) is 11.2 Å². The van der Waals surface area contributed by atoms with E-state index in [0.717, 1.165) is 42.5 Å². The number of likely N-dealkylation sites (tertiary alicyclic amines) is 1. The quantitative estimate of drug-likeness (QED) is 0.901. The van der Waals surface area contributed by atoms with Crippen LogP contribution in [0.2, 0.25) is 0 Å². The van der Waals surface area contributed by atoms with Gasteiger partial charge in [-0.15, -0.1) is 0 Å². The summed E-state index contributed by atoms with van der Waals surface area (Å²) in [6, 6.07) is 4.05. The first-order valence-electron chi connectivity index (χ1n) is 7.59. The summed E-state index contributed by atoms with van der Waals surface area (Å²) in [6.45, 7) is 3.67. The molecule has 2 unspecified atom stereocenters. The zero-order chi connectivity index (χ0) is 14.8. The van der Waals surface area contributed by atoms with Crippen molar-refractivity contribution in [2.45, 2.75) is 32.2 Å². The highest BCUT2D eigenvalue weighted by Gasteiger charge is 2.26. The van der Waals surface area contributed by atoms with Gasteiger partial charge in [0.05, 0.1) is 6.42 Å². The van der Waals surface area contributed by atoms with E-state index in [9.17, 15) is 4.79 Å². The van der Waals surface area contributed by atoms with E-state index in [1.807, 2.05) is 30.2 Å². The number of pyridine rings is 1. The van der Waals surface area contributed by atoms with Gasteiger partial charge in [0.2, 0.25) is 5.91 Å². The van der Waals surface area contributed by atoms with E-state index < -0.39 is 0 Å². The van der Waals surface area contributed by atoms with Crippen molar-refractivity contribution in [3.8, 4) is 0 Å². The van der Waals surface area contributed by atoms with Gasteiger partial charge in [0.25, 0.3) is 0 Å². The normalized spacial score (nSPS) is 20.7. The second-order valence-electron chi connectivity index (χ2n) is 5.99. The Hall–Kier alpha value is -1.88. The number of aromatic amines is 1. The van der Waals surface area contributed by atoms with Crippen molar-refractivity contribution < 1.29 is 4.79 Å². The molecule has 21 heavy (non-hydrogen) atoms. The van der Waals surface area contributed by atoms with Crippen molar-refractivity contribution in [1.82, 2.24) is 14.9 Å². The van der Waals surface area contributed by atoms with Crippen LogP contribution in [0.15, 0.2) is 24.5 Å². The first kappa shape index (κ1) is 14.1. The summed E-state index contributed by atoms with van der Waals surface area (Å²) in [5, 5.41) is 1.03. The van der Waals surface area contributed by atoms with Crippen molar-refractivity contribution in [2.24, 2.45) is 11.7 Å². The molecular weight excluding hydrogens is 264 g/mol. The summed E-state index contributed by atoms with van der Waals surface area (Å²) in [5.41, 5.74) is 7.85. The first-order chi connectivity index (χ1) is 10.1. The second kappa shape index (κ2) is 5.85. The zero-order valence-electron chi connectivity index (χ0n) is 12.4. The molecule has 1 saturated heterocycles. The average molecular weight is 286 g/mol. The summed E-state index contributed by atoms with van der Waals surface area (Å²) in [5.74, 6) is 0.609. The second-order valence-corrected chi connectivity index (χ2v) is 5.99. The minimum atomic E-state index is 0.151. The number of carbonyl (C=O) groups excluding carboxylic acids is 1. The fourth-order valence-corrected chi connectivity index (χ4v) is 3.10. The van der Waals surface area contributed by atoms with Gasteiger partial charge in [-0.1, -0.05) is 0 Å². The van der Waals surface area contributed by atoms with E-state index in [0.29, 0.717) is 12.3 Å². The predicted molar refractivity (Wildman–Crippen MR) is 82.8 cm³/mol. The molecule has 0 aliphatic carbocycles. The molecule has 2 atom stereocenters. The third kappa shape index (κ3) is 2.93. The van der Waals surface area contributed by atoms with Crippen LogP contribution < -0.4 is 5.73 Å². The molecule has 2 aromatic heterocycles. The standard InChI is InChI=1S/C16H22N4O/c1-11(17)12-4-3-7-20(10-12)15(21)8-13-9-19-16-14(13)5-2-6-18-16/h2,5-6,9,11-12H,3-4,7-8,10,17H2,1H3,(H,18,19). The van der Waals surface area contributed by atoms with Crippen LogP contribution in [-0.4, -0.2) is 39.9 Å². The lowest BCUT2D eigenvalue weighted by Gasteiger charge is -2.34. The molecule has 112 valence electrons. The molecule has 5 nitrogen and oxygen atoms in total. The van der Waals surface area contributed by atoms with Crippen LogP contribution >= 0.6 is 0 Å². The molecule has 2 aromatic rings. The van der Waals surface area contributed by atoms with E-state index in [1.165, 1.54) is 0 Å². The maximum atomic E-state index is 12.5. The third-order valence-electron chi connectivity index (χ3n) is 4.43. The summed E-state index contributed by atoms with van der Waals surface area (Å²) in [4.78, 5) is 21.9. The number of nitrogens with two attached hydrogens (primary N) is 1. The molecule has 0 bridgehead atoms. The molecule has 3 N–H and O–H groups in total. The van der Waals surface area contributed by atoms with Gasteiger partial charge in [0.1, 0.15) is 5.65 Å². The van der Waals surface area contributed by atoms with Gasteiger partial charge in [-0.2, -0.15) is 0 Å². The fraction of sp³-hybridized carbons (Fsp3) is 0.500. The SMILES string of the molecule is CC(N)C1CCCN(C(=O)Cc2c[nH]c3ncccc23)C1. The van der Waals surface area contributed by atoms with Crippen molar-refractivity contribution in [3.05, 3.63) is 30.1 Å². The molecule has 0 saturated carbocycles. The fourth-order valence-electron chi connectivity index (χ4n) is 3.10. The van der Waals surface area contributed by atoms with Gasteiger partial charge in [-0.3, -0.25) is 4.79 Å². The van der Waals surface area contributed by atoms with Crippen molar-refractivity contribution in [1.29, 1.82) is 0 Å². The van der Waals surface area contributed by atoms with E-state index in [4.69, 9.17) is 5.73 Å². The number of hydrogen-bond donors (Lipinski definition) is 2. The summed E-state index contributed by atoms with van der Waals surface area (Å²) >= 11 is 0. The topological polar surface area (TPSA) is 75.0 Å². The monoisotopic (exact) mass is 286 g/mol. The molecule has 3 heterocycles. The van der Waals surface area contributed by atoms with Crippen LogP contribution in [0.3, 0.4) is 0 Å². The van der Waals surface area contributed by atoms with E-state index in [1.54, 1.807) is 6.20 Å². The zero-order valence-corrected chi connectivity index (χ0v) is 12.4. The maximum Gasteiger partial charge on any atom is 0.227 e. The van der Waals surface area contributed by atoms with Crippen LogP contribution in [0.25, 0.3) is 11.0 Å². The molecule has 0 aromatic carbocycles. The smallest absolute Gasteiger partial charge is 0.227 e. The Balaban J connectivity index is 1.71. The lowest BCUT2D eigenvalue weighted by molar-refractivity contribution is -0.132. The largest absolute Gasteiger partial charge is 0.346 e. The predicted octanol–water partition coefficient (Wildman–Crippen LogP) is 1.69. The number of carbonyl (C=O) groups is 1. The van der Waals surface area contributed by atoms with Gasteiger partial charge in [0.15, 0.2) is 0 Å². The van der Waals surface area contributed by atoms with Gasteiger partial charge in [0, 0.05) is 36.9 Å². The minimum absolute atomic E-state index is 0.151. The molecule has 0 spiro atoms. The van der Waals surface area contributed by atoms with E-state index in [2.05, 4.69) is 9.97 Å². The summed E-state index contributed by atoms with van der Waals surface area (Å²) in [6.07, 6.45) is 6.24. The Morgan fingerprint density at radius 2 is 2.48 bits per heavy atom. The molecule has 1 aliphatic rings. The number of aromatic nitrogens is 2. The Bertz CT molecular complexity index is 634. The molecular formula is C16H22N4O. The van der Waals surface area contributed by atoms with Gasteiger partial charge in [-0.05, 0) is 43.4 Å². The number of nitrogens with one attached hydrogen (secondary N) is 1. The molecule has 3 rings (SSSR count). The number of amides is 1. The molecule has 1 fully saturated rings. The van der Waals surface area contributed by atoms with Crippen molar-refractivity contribution >= 4 is 16.9 Å². The summed E-state index contributed by atoms with van der Waals surface area (Å²) < 4.78 is 0. The number of H-pyrrole nitrogens is 1. The Labute approximate surface area is 124 Å². The number of fused-ring (bicyclic) bond motifs is 1. The Morgan fingerprint density at radius 3 is 3.29 bits per heavy atom. The van der Waals surface area contributed by atoms with Crippen LogP contribution in [0.4, 0.5) is 0 Å². The van der Waals surface area contributed by atoms with Crippen LogP contribution in [0.5, 0.6) is 0 Å². The maximum absolute atomic E-state index is 12.5. The van der Waals surface area contributed by atoms with E-state index >= 15 is 0 Å². The van der Waals surface area contributed by atoms with Gasteiger partial charge < -0.3 is 15.6 Å². The van der Waals surface area contributed by atoms with Gasteiger partial charge >= 0.3 is 0 Å². The number of piperidine rings is 1. The van der Waals surface area contributed by atoms with Gasteiger partial charge in [-0.25, -0.2) is 4.98 Å².